The molecule has 0 saturated carbocycles. The van der Waals surface area contributed by atoms with Gasteiger partial charge in [-0.1, -0.05) is 6.07 Å². The lowest BCUT2D eigenvalue weighted by atomic mass is 10.1. The Morgan fingerprint density at radius 2 is 1.92 bits per heavy atom. The number of nitrogens with zero attached hydrogens (tertiary/aromatic N) is 4. The molecule has 2 heterocycles. The van der Waals surface area contributed by atoms with Gasteiger partial charge in [0, 0.05) is 55.1 Å². The highest BCUT2D eigenvalue weighted by Gasteiger charge is 2.15. The molecule has 0 spiro atoms. The van der Waals surface area contributed by atoms with Crippen LogP contribution in [0.5, 0.6) is 0 Å². The van der Waals surface area contributed by atoms with Crippen LogP contribution >= 0.6 is 0 Å². The third-order valence-electron chi connectivity index (χ3n) is 4.15. The maximum absolute atomic E-state index is 11.9. The van der Waals surface area contributed by atoms with E-state index in [1.807, 2.05) is 18.2 Å². The minimum atomic E-state index is -3.49. The van der Waals surface area contributed by atoms with Crippen molar-refractivity contribution in [2.45, 2.75) is 11.7 Å². The lowest BCUT2D eigenvalue weighted by Gasteiger charge is -2.11. The van der Waals surface area contributed by atoms with Gasteiger partial charge >= 0.3 is 0 Å². The number of fused-ring (bicyclic) bond motifs is 1. The molecule has 0 amide bonds. The molecule has 0 fully saturated rings. The molecule has 3 rings (SSSR count). The first-order valence-corrected chi connectivity index (χ1v) is 10.2. The van der Waals surface area contributed by atoms with E-state index in [1.165, 1.54) is 0 Å². The van der Waals surface area contributed by atoms with Gasteiger partial charge in [-0.25, -0.2) is 18.4 Å². The van der Waals surface area contributed by atoms with Gasteiger partial charge in [0.25, 0.3) is 0 Å². The van der Waals surface area contributed by atoms with E-state index in [0.29, 0.717) is 11.5 Å². The second-order valence-electron chi connectivity index (χ2n) is 6.53. The zero-order valence-corrected chi connectivity index (χ0v) is 16.2. The molecular formula is C18H23N5O2S. The molecule has 0 saturated heterocycles. The van der Waals surface area contributed by atoms with Crippen molar-refractivity contribution < 1.29 is 8.42 Å². The molecule has 1 N–H and O–H groups in total. The van der Waals surface area contributed by atoms with Crippen molar-refractivity contribution in [2.24, 2.45) is 0 Å². The van der Waals surface area contributed by atoms with Crippen LogP contribution in [-0.4, -0.2) is 61.8 Å². The molecule has 138 valence electrons. The van der Waals surface area contributed by atoms with Crippen molar-refractivity contribution in [3.63, 3.8) is 0 Å². The Bertz CT molecular complexity index is 1040. The van der Waals surface area contributed by atoms with Crippen LogP contribution in [0.2, 0.25) is 0 Å². The van der Waals surface area contributed by atoms with Crippen LogP contribution in [-0.2, 0) is 16.4 Å². The average molecular weight is 373 g/mol. The minimum absolute atomic E-state index is 0.178. The number of anilines is 1. The highest BCUT2D eigenvalue weighted by molar-refractivity contribution is 7.90. The summed E-state index contributed by atoms with van der Waals surface area (Å²) in [6, 6.07) is 9.84. The van der Waals surface area contributed by atoms with Crippen LogP contribution in [0.1, 0.15) is 0 Å². The molecule has 0 radical (unpaired) electrons. The Morgan fingerprint density at radius 1 is 1.15 bits per heavy atom. The van der Waals surface area contributed by atoms with Crippen molar-refractivity contribution >= 4 is 26.6 Å². The molecule has 0 aliphatic heterocycles. The van der Waals surface area contributed by atoms with Crippen molar-refractivity contribution in [2.75, 3.05) is 39.3 Å². The number of nitrogens with one attached hydrogen (secondary N) is 1. The third-order valence-corrected chi connectivity index (χ3v) is 4.99. The molecule has 2 aromatic heterocycles. The largest absolute Gasteiger partial charge is 0.373 e. The van der Waals surface area contributed by atoms with Crippen LogP contribution in [0.25, 0.3) is 22.2 Å². The monoisotopic (exact) mass is 373 g/mol. The van der Waals surface area contributed by atoms with Crippen molar-refractivity contribution in [3.05, 3.63) is 36.5 Å². The summed E-state index contributed by atoms with van der Waals surface area (Å²) < 4.78 is 25.9. The van der Waals surface area contributed by atoms with Crippen LogP contribution in [0.15, 0.2) is 41.7 Å². The lowest BCUT2D eigenvalue weighted by Crippen LogP contribution is -2.17. The second kappa shape index (κ2) is 7.05. The zero-order valence-electron chi connectivity index (χ0n) is 15.4. The molecular weight excluding hydrogens is 350 g/mol. The molecule has 0 bridgehead atoms. The van der Waals surface area contributed by atoms with Gasteiger partial charge in [0.2, 0.25) is 15.0 Å². The fourth-order valence-electron chi connectivity index (χ4n) is 2.73. The summed E-state index contributed by atoms with van der Waals surface area (Å²) in [4.78, 5) is 10.4. The van der Waals surface area contributed by atoms with Crippen molar-refractivity contribution in [1.29, 1.82) is 0 Å². The lowest BCUT2D eigenvalue weighted by molar-refractivity contribution is 0.387. The summed E-state index contributed by atoms with van der Waals surface area (Å²) in [7, 11) is 2.32. The summed E-state index contributed by atoms with van der Waals surface area (Å²) in [5.41, 5.74) is 2.57. The predicted molar refractivity (Wildman–Crippen MR) is 104 cm³/mol. The first-order chi connectivity index (χ1) is 12.3. The smallest absolute Gasteiger partial charge is 0.249 e. The average Bonchev–Trinajstić information content (AvgIpc) is 3.01. The molecule has 1 aromatic carbocycles. The standard InChI is InChI=1S/C18H23N5O2S/c1-19-17-12-15(20-18(21-17)26(4,24)25)13-5-6-16-14(11-13)7-8-23(16)10-9-22(2)3/h5-8,11-12H,9-10H2,1-4H3,(H,19,20,21). The maximum atomic E-state index is 11.9. The van der Waals surface area contributed by atoms with Gasteiger partial charge in [0.15, 0.2) is 0 Å². The van der Waals surface area contributed by atoms with E-state index in [-0.39, 0.29) is 5.16 Å². The minimum Gasteiger partial charge on any atom is -0.373 e. The number of rotatable bonds is 6. The van der Waals surface area contributed by atoms with Gasteiger partial charge in [-0.05, 0) is 32.3 Å². The number of sulfone groups is 1. The van der Waals surface area contributed by atoms with Crippen LogP contribution in [0, 0.1) is 0 Å². The molecule has 0 aliphatic rings. The van der Waals surface area contributed by atoms with E-state index in [1.54, 1.807) is 13.1 Å². The summed E-state index contributed by atoms with van der Waals surface area (Å²) in [5.74, 6) is 0.471. The topological polar surface area (TPSA) is 80.1 Å². The molecule has 0 aliphatic carbocycles. The Morgan fingerprint density at radius 3 is 2.58 bits per heavy atom. The van der Waals surface area contributed by atoms with Crippen LogP contribution < -0.4 is 5.32 Å². The van der Waals surface area contributed by atoms with E-state index in [0.717, 1.165) is 35.8 Å². The van der Waals surface area contributed by atoms with E-state index in [4.69, 9.17) is 0 Å². The highest BCUT2D eigenvalue weighted by Crippen LogP contribution is 2.26. The Balaban J connectivity index is 2.03. The molecule has 3 aromatic rings. The van der Waals surface area contributed by atoms with E-state index in [9.17, 15) is 8.42 Å². The van der Waals surface area contributed by atoms with Crippen LogP contribution in [0.4, 0.5) is 5.82 Å². The van der Waals surface area contributed by atoms with E-state index >= 15 is 0 Å². The highest BCUT2D eigenvalue weighted by atomic mass is 32.2. The Labute approximate surface area is 153 Å². The fourth-order valence-corrected chi connectivity index (χ4v) is 3.26. The molecule has 0 atom stereocenters. The number of hydrogen-bond donors (Lipinski definition) is 1. The molecule has 7 nitrogen and oxygen atoms in total. The number of hydrogen-bond acceptors (Lipinski definition) is 6. The van der Waals surface area contributed by atoms with Crippen LogP contribution in [0.3, 0.4) is 0 Å². The normalized spacial score (nSPS) is 12.0. The Kier molecular flexibility index (Phi) is 4.97. The third kappa shape index (κ3) is 3.86. The molecule has 0 unspecified atom stereocenters. The van der Waals surface area contributed by atoms with Crippen molar-refractivity contribution in [3.8, 4) is 11.3 Å². The first-order valence-electron chi connectivity index (χ1n) is 8.29. The SMILES string of the molecule is CNc1cc(-c2ccc3c(ccn3CCN(C)C)c2)nc(S(C)(=O)=O)n1. The van der Waals surface area contributed by atoms with E-state index in [2.05, 4.69) is 51.1 Å². The Hall–Kier alpha value is -2.45. The van der Waals surface area contributed by atoms with E-state index < -0.39 is 9.84 Å². The maximum Gasteiger partial charge on any atom is 0.249 e. The van der Waals surface area contributed by atoms with Gasteiger partial charge < -0.3 is 14.8 Å². The number of aromatic nitrogens is 3. The molecule has 26 heavy (non-hydrogen) atoms. The van der Waals surface area contributed by atoms with Gasteiger partial charge in [-0.3, -0.25) is 0 Å². The quantitative estimate of drug-likeness (QED) is 0.667. The summed E-state index contributed by atoms with van der Waals surface area (Å²) in [6.45, 7) is 1.87. The predicted octanol–water partition coefficient (Wildman–Crippen LogP) is 2.11. The second-order valence-corrected chi connectivity index (χ2v) is 8.44. The van der Waals surface area contributed by atoms with Gasteiger partial charge in [-0.2, -0.15) is 0 Å². The summed E-state index contributed by atoms with van der Waals surface area (Å²) in [6.07, 6.45) is 3.18. The molecule has 8 heteroatoms. The number of benzene rings is 1. The van der Waals surface area contributed by atoms with Gasteiger partial charge in [0.05, 0.1) is 5.69 Å². The summed E-state index contributed by atoms with van der Waals surface area (Å²) in [5, 5.41) is 3.81. The zero-order chi connectivity index (χ0) is 18.9. The first kappa shape index (κ1) is 18.3. The fraction of sp³-hybridized carbons (Fsp3) is 0.333. The van der Waals surface area contributed by atoms with Crippen molar-refractivity contribution in [1.82, 2.24) is 19.4 Å². The van der Waals surface area contributed by atoms with Gasteiger partial charge in [0.1, 0.15) is 5.82 Å². The summed E-state index contributed by atoms with van der Waals surface area (Å²) >= 11 is 0. The number of likely N-dealkylation sites (N-methyl/N-ethyl adjacent to an activating group) is 1. The van der Waals surface area contributed by atoms with Gasteiger partial charge in [-0.15, -0.1) is 0 Å².